The highest BCUT2D eigenvalue weighted by Crippen LogP contribution is 2.30. The molecule has 0 aromatic carbocycles. The van der Waals surface area contributed by atoms with E-state index < -0.39 is 10.8 Å². The Kier molecular flexibility index (Phi) is 8.56. The van der Waals surface area contributed by atoms with Crippen molar-refractivity contribution in [2.24, 2.45) is 0 Å². The summed E-state index contributed by atoms with van der Waals surface area (Å²) in [6.07, 6.45) is 5.99. The zero-order chi connectivity index (χ0) is 21.3. The average molecular weight is 436 g/mol. The summed E-state index contributed by atoms with van der Waals surface area (Å²) in [6.45, 7) is 7.93. The molecule has 0 bridgehead atoms. The second-order valence-electron chi connectivity index (χ2n) is 7.44. The summed E-state index contributed by atoms with van der Waals surface area (Å²) in [5.41, 5.74) is 1.45. The molecular weight excluding hydrogens is 402 g/mol. The van der Waals surface area contributed by atoms with Gasteiger partial charge in [-0.1, -0.05) is 26.7 Å². The summed E-state index contributed by atoms with van der Waals surface area (Å²) in [4.78, 5) is 23.0. The van der Waals surface area contributed by atoms with E-state index in [1.165, 1.54) is 0 Å². The summed E-state index contributed by atoms with van der Waals surface area (Å²) < 4.78 is 11.8. The number of fused-ring (bicyclic) bond motifs is 1. The highest BCUT2D eigenvalue weighted by atomic mass is 32.2. The summed E-state index contributed by atoms with van der Waals surface area (Å²) in [5.74, 6) is 3.29. The Morgan fingerprint density at radius 2 is 1.80 bits per heavy atom. The third-order valence-electron chi connectivity index (χ3n) is 5.18. The Morgan fingerprint density at radius 3 is 2.43 bits per heavy atom. The van der Waals surface area contributed by atoms with Crippen LogP contribution in [0.2, 0.25) is 0 Å². The molecule has 166 valence electrons. The van der Waals surface area contributed by atoms with Crippen LogP contribution in [0.4, 0.5) is 17.6 Å². The lowest BCUT2D eigenvalue weighted by Gasteiger charge is -2.29. The van der Waals surface area contributed by atoms with Crippen LogP contribution in [0.25, 0.3) is 11.0 Å². The van der Waals surface area contributed by atoms with Gasteiger partial charge in [0.1, 0.15) is 17.4 Å². The van der Waals surface area contributed by atoms with Gasteiger partial charge in [0.25, 0.3) is 0 Å². The van der Waals surface area contributed by atoms with Crippen LogP contribution in [0.1, 0.15) is 39.5 Å². The van der Waals surface area contributed by atoms with Crippen LogP contribution >= 0.6 is 0 Å². The summed E-state index contributed by atoms with van der Waals surface area (Å²) in [5, 5.41) is 12.3. The Hall–Kier alpha value is -2.07. The Balaban J connectivity index is 2.07. The van der Waals surface area contributed by atoms with Crippen LogP contribution in [-0.2, 0) is 10.8 Å². The van der Waals surface area contributed by atoms with Gasteiger partial charge in [-0.25, -0.2) is 15.0 Å². The quantitative estimate of drug-likeness (QED) is 0.546. The van der Waals surface area contributed by atoms with Crippen molar-refractivity contribution in [1.82, 2.24) is 19.9 Å². The van der Waals surface area contributed by atoms with Crippen molar-refractivity contribution in [3.8, 4) is 0 Å². The van der Waals surface area contributed by atoms with E-state index in [1.807, 2.05) is 0 Å². The van der Waals surface area contributed by atoms with Crippen molar-refractivity contribution in [3.63, 3.8) is 0 Å². The first-order valence-corrected chi connectivity index (χ1v) is 12.4. The lowest BCUT2D eigenvalue weighted by Crippen LogP contribution is -2.38. The minimum absolute atomic E-state index is 0.00328. The van der Waals surface area contributed by atoms with Gasteiger partial charge in [0.2, 0.25) is 5.95 Å². The van der Waals surface area contributed by atoms with E-state index in [1.54, 1.807) is 6.33 Å². The van der Waals surface area contributed by atoms with Crippen molar-refractivity contribution in [1.29, 1.82) is 0 Å². The molecule has 30 heavy (non-hydrogen) atoms. The number of unbranched alkanes of at least 4 members (excludes halogenated alkanes) is 2. The summed E-state index contributed by atoms with van der Waals surface area (Å²) in [7, 11) is -0.773. The maximum atomic E-state index is 11.8. The molecule has 0 aliphatic carbocycles. The molecule has 9 nitrogen and oxygen atoms in total. The van der Waals surface area contributed by atoms with Crippen molar-refractivity contribution in [2.45, 2.75) is 39.5 Å². The molecule has 2 N–H and O–H groups in total. The Labute approximate surface area is 180 Å². The number of aromatic nitrogens is 4. The molecule has 2 aromatic rings. The van der Waals surface area contributed by atoms with E-state index in [0.29, 0.717) is 37.1 Å². The molecule has 0 unspecified atom stereocenters. The van der Waals surface area contributed by atoms with Crippen LogP contribution in [0.15, 0.2) is 6.33 Å². The van der Waals surface area contributed by atoms with E-state index in [-0.39, 0.29) is 6.61 Å². The van der Waals surface area contributed by atoms with E-state index in [2.05, 4.69) is 38.9 Å². The topological polar surface area (TPSA) is 107 Å². The minimum atomic E-state index is -0.773. The molecule has 1 aliphatic heterocycles. The first kappa shape index (κ1) is 22.6. The fourth-order valence-electron chi connectivity index (χ4n) is 3.49. The number of hydrogen-bond donors (Lipinski definition) is 2. The van der Waals surface area contributed by atoms with Gasteiger partial charge in [-0.2, -0.15) is 4.98 Å². The third-order valence-corrected chi connectivity index (χ3v) is 6.46. The van der Waals surface area contributed by atoms with Crippen LogP contribution in [0, 0.1) is 0 Å². The number of aliphatic hydroxyl groups is 1. The monoisotopic (exact) mass is 435 g/mol. The fraction of sp³-hybridized carbons (Fsp3) is 0.700. The molecule has 1 saturated heterocycles. The zero-order valence-electron chi connectivity index (χ0n) is 18.0. The molecule has 0 atom stereocenters. The van der Waals surface area contributed by atoms with Crippen LogP contribution < -0.4 is 15.1 Å². The largest absolute Gasteiger partial charge is 0.395 e. The second-order valence-corrected chi connectivity index (χ2v) is 9.14. The molecule has 0 amide bonds. The summed E-state index contributed by atoms with van der Waals surface area (Å²) in [6, 6.07) is 0. The normalized spacial score (nSPS) is 15.0. The number of hydrogen-bond acceptors (Lipinski definition) is 9. The Bertz CT molecular complexity index is 833. The standard InChI is InChI=1S/C20H33N7O2S/c1-3-5-8-26(9-6-4-2)18-17-16(22-15-23-18)19(25-20(24-17)21-7-12-28)27-10-13-30(29)14-11-27/h15,28H,3-14H2,1-2H3,(H,21,24,25). The number of anilines is 3. The lowest BCUT2D eigenvalue weighted by molar-refractivity contribution is 0.311. The molecule has 0 radical (unpaired) electrons. The third kappa shape index (κ3) is 5.54. The highest BCUT2D eigenvalue weighted by Gasteiger charge is 2.23. The predicted octanol–water partition coefficient (Wildman–Crippen LogP) is 1.80. The van der Waals surface area contributed by atoms with E-state index in [9.17, 15) is 9.32 Å². The van der Waals surface area contributed by atoms with Gasteiger partial charge in [-0.05, 0) is 12.8 Å². The molecule has 0 saturated carbocycles. The number of aliphatic hydroxyl groups excluding tert-OH is 1. The first-order valence-electron chi connectivity index (χ1n) is 10.9. The zero-order valence-corrected chi connectivity index (χ0v) is 18.8. The van der Waals surface area contributed by atoms with Gasteiger partial charge >= 0.3 is 0 Å². The first-order chi connectivity index (χ1) is 14.7. The van der Waals surface area contributed by atoms with Gasteiger partial charge in [0.05, 0.1) is 6.61 Å². The molecular formula is C20H33N7O2S. The van der Waals surface area contributed by atoms with Gasteiger partial charge in [-0.15, -0.1) is 0 Å². The highest BCUT2D eigenvalue weighted by molar-refractivity contribution is 7.85. The van der Waals surface area contributed by atoms with Gasteiger partial charge in [0.15, 0.2) is 11.6 Å². The molecule has 10 heteroatoms. The molecule has 3 heterocycles. The predicted molar refractivity (Wildman–Crippen MR) is 123 cm³/mol. The van der Waals surface area contributed by atoms with Crippen molar-refractivity contribution < 1.29 is 9.32 Å². The SMILES string of the molecule is CCCCN(CCCC)c1ncnc2c(N3CCS(=O)CC3)nc(NCCO)nc12. The lowest BCUT2D eigenvalue weighted by atomic mass is 10.2. The van der Waals surface area contributed by atoms with Gasteiger partial charge < -0.3 is 20.2 Å². The number of rotatable bonds is 11. The summed E-state index contributed by atoms with van der Waals surface area (Å²) >= 11 is 0. The van der Waals surface area contributed by atoms with Crippen LogP contribution in [0.5, 0.6) is 0 Å². The average Bonchev–Trinajstić information content (AvgIpc) is 2.77. The fourth-order valence-corrected chi connectivity index (χ4v) is 4.54. The number of nitrogens with zero attached hydrogens (tertiary/aromatic N) is 6. The maximum Gasteiger partial charge on any atom is 0.225 e. The van der Waals surface area contributed by atoms with Gasteiger partial charge in [-0.3, -0.25) is 4.21 Å². The molecule has 0 spiro atoms. The number of nitrogens with one attached hydrogen (secondary N) is 1. The van der Waals surface area contributed by atoms with E-state index in [4.69, 9.17) is 9.97 Å². The minimum Gasteiger partial charge on any atom is -0.395 e. The molecule has 2 aromatic heterocycles. The second kappa shape index (κ2) is 11.4. The Morgan fingerprint density at radius 1 is 1.10 bits per heavy atom. The van der Waals surface area contributed by atoms with Crippen molar-refractivity contribution in [2.75, 3.05) is 66.0 Å². The molecule has 1 fully saturated rings. The van der Waals surface area contributed by atoms with Crippen molar-refractivity contribution >= 4 is 39.4 Å². The smallest absolute Gasteiger partial charge is 0.225 e. The van der Waals surface area contributed by atoms with Gasteiger partial charge in [0, 0.05) is 55.0 Å². The van der Waals surface area contributed by atoms with E-state index in [0.717, 1.165) is 61.4 Å². The van der Waals surface area contributed by atoms with E-state index >= 15 is 0 Å². The van der Waals surface area contributed by atoms with Crippen LogP contribution in [0.3, 0.4) is 0 Å². The van der Waals surface area contributed by atoms with Crippen LogP contribution in [-0.4, -0.2) is 80.1 Å². The van der Waals surface area contributed by atoms with Crippen molar-refractivity contribution in [3.05, 3.63) is 6.33 Å². The molecule has 3 rings (SSSR count). The molecule has 1 aliphatic rings. The maximum absolute atomic E-state index is 11.8.